The topological polar surface area (TPSA) is 92.5 Å². The standard InChI is InChI=1S/C19H29N3O3S/c1-14-8-9-16(21-19(23)17-7-5-6-15(17)13-20)12-18(14)26(24,25)22-10-3-2-4-11-22/h8-9,12,15,17H,2-7,10-11,13,20H2,1H3,(H,21,23)/t15-,17-/m1/s1. The molecule has 2 aliphatic rings. The van der Waals surface area contributed by atoms with E-state index in [-0.39, 0.29) is 17.7 Å². The number of anilines is 1. The minimum absolute atomic E-state index is 0.0527. The smallest absolute Gasteiger partial charge is 0.243 e. The summed E-state index contributed by atoms with van der Waals surface area (Å²) >= 11 is 0. The first-order chi connectivity index (χ1) is 12.4. The summed E-state index contributed by atoms with van der Waals surface area (Å²) in [5.74, 6) is 0.0866. The molecule has 1 aliphatic carbocycles. The van der Waals surface area contributed by atoms with Gasteiger partial charge in [-0.15, -0.1) is 0 Å². The number of nitrogens with one attached hydrogen (secondary N) is 1. The number of piperidine rings is 1. The third kappa shape index (κ3) is 3.94. The first-order valence-electron chi connectivity index (χ1n) is 9.55. The molecule has 0 bridgehead atoms. The maximum atomic E-state index is 13.0. The fourth-order valence-electron chi connectivity index (χ4n) is 4.10. The van der Waals surface area contributed by atoms with Crippen LogP contribution in [0.2, 0.25) is 0 Å². The van der Waals surface area contributed by atoms with Gasteiger partial charge in [-0.05, 0) is 62.8 Å². The lowest BCUT2D eigenvalue weighted by molar-refractivity contribution is -0.120. The molecule has 3 N–H and O–H groups in total. The summed E-state index contributed by atoms with van der Waals surface area (Å²) in [6, 6.07) is 5.14. The van der Waals surface area contributed by atoms with Crippen molar-refractivity contribution < 1.29 is 13.2 Å². The van der Waals surface area contributed by atoms with Gasteiger partial charge >= 0.3 is 0 Å². The number of carbonyl (C=O) groups excluding carboxylic acids is 1. The molecule has 2 fully saturated rings. The highest BCUT2D eigenvalue weighted by atomic mass is 32.2. The highest BCUT2D eigenvalue weighted by Crippen LogP contribution is 2.32. The zero-order chi connectivity index (χ0) is 18.7. The second kappa shape index (κ2) is 8.06. The number of carbonyl (C=O) groups is 1. The lowest BCUT2D eigenvalue weighted by Crippen LogP contribution is -2.36. The molecule has 1 saturated carbocycles. The van der Waals surface area contributed by atoms with Crippen LogP contribution >= 0.6 is 0 Å². The fraction of sp³-hybridized carbons (Fsp3) is 0.632. The highest BCUT2D eigenvalue weighted by molar-refractivity contribution is 7.89. The van der Waals surface area contributed by atoms with Gasteiger partial charge < -0.3 is 11.1 Å². The fourth-order valence-corrected chi connectivity index (χ4v) is 5.87. The Morgan fingerprint density at radius 2 is 1.92 bits per heavy atom. The van der Waals surface area contributed by atoms with Crippen LogP contribution in [0.15, 0.2) is 23.1 Å². The molecule has 1 amide bonds. The van der Waals surface area contributed by atoms with Crippen LogP contribution in [0, 0.1) is 18.8 Å². The summed E-state index contributed by atoms with van der Waals surface area (Å²) in [5, 5.41) is 2.91. The molecule has 1 saturated heterocycles. The van der Waals surface area contributed by atoms with Crippen LogP contribution in [0.1, 0.15) is 44.1 Å². The minimum atomic E-state index is -3.52. The van der Waals surface area contributed by atoms with E-state index in [1.54, 1.807) is 29.4 Å². The van der Waals surface area contributed by atoms with Gasteiger partial charge in [-0.2, -0.15) is 4.31 Å². The molecule has 1 aliphatic heterocycles. The normalized spacial score (nSPS) is 24.5. The second-order valence-corrected chi connectivity index (χ2v) is 9.37. The van der Waals surface area contributed by atoms with Crippen molar-refractivity contribution >= 4 is 21.6 Å². The number of hydrogen-bond donors (Lipinski definition) is 2. The average Bonchev–Trinajstić information content (AvgIpc) is 3.13. The number of amides is 1. The van der Waals surface area contributed by atoms with Gasteiger partial charge in [0.25, 0.3) is 0 Å². The van der Waals surface area contributed by atoms with Crippen LogP contribution in [-0.4, -0.2) is 38.3 Å². The Morgan fingerprint density at radius 3 is 2.62 bits per heavy atom. The Morgan fingerprint density at radius 1 is 1.19 bits per heavy atom. The molecule has 144 valence electrons. The third-order valence-corrected chi connectivity index (χ3v) is 7.73. The molecule has 26 heavy (non-hydrogen) atoms. The summed E-state index contributed by atoms with van der Waals surface area (Å²) in [6.45, 7) is 3.45. The third-order valence-electron chi connectivity index (χ3n) is 5.69. The number of benzene rings is 1. The molecule has 2 atom stereocenters. The summed E-state index contributed by atoms with van der Waals surface area (Å²) in [7, 11) is -3.52. The van der Waals surface area contributed by atoms with Gasteiger partial charge in [0.1, 0.15) is 0 Å². The molecule has 1 aromatic rings. The molecule has 6 nitrogen and oxygen atoms in total. The molecule has 0 spiro atoms. The van der Waals surface area contributed by atoms with Crippen molar-refractivity contribution in [3.05, 3.63) is 23.8 Å². The van der Waals surface area contributed by atoms with Crippen LogP contribution in [0.3, 0.4) is 0 Å². The minimum Gasteiger partial charge on any atom is -0.330 e. The van der Waals surface area contributed by atoms with Gasteiger partial charge in [-0.1, -0.05) is 18.9 Å². The molecule has 0 radical (unpaired) electrons. The average molecular weight is 380 g/mol. The highest BCUT2D eigenvalue weighted by Gasteiger charge is 2.32. The lowest BCUT2D eigenvalue weighted by atomic mass is 9.95. The maximum Gasteiger partial charge on any atom is 0.243 e. The van der Waals surface area contributed by atoms with Gasteiger partial charge in [-0.3, -0.25) is 4.79 Å². The summed E-state index contributed by atoms with van der Waals surface area (Å²) in [6.07, 6.45) is 5.72. The van der Waals surface area contributed by atoms with Crippen molar-refractivity contribution in [3.8, 4) is 0 Å². The van der Waals surface area contributed by atoms with Crippen LogP contribution in [-0.2, 0) is 14.8 Å². The second-order valence-electron chi connectivity index (χ2n) is 7.47. The Labute approximate surface area is 156 Å². The summed E-state index contributed by atoms with van der Waals surface area (Å²) < 4.78 is 27.6. The van der Waals surface area contributed by atoms with Crippen molar-refractivity contribution in [1.29, 1.82) is 0 Å². The number of nitrogens with zero attached hydrogens (tertiary/aromatic N) is 1. The van der Waals surface area contributed by atoms with Crippen molar-refractivity contribution in [2.24, 2.45) is 17.6 Å². The van der Waals surface area contributed by atoms with Crippen LogP contribution < -0.4 is 11.1 Å². The lowest BCUT2D eigenvalue weighted by Gasteiger charge is -2.27. The zero-order valence-electron chi connectivity index (χ0n) is 15.4. The van der Waals surface area contributed by atoms with E-state index in [1.807, 2.05) is 0 Å². The van der Waals surface area contributed by atoms with E-state index in [1.165, 1.54) is 0 Å². The van der Waals surface area contributed by atoms with E-state index >= 15 is 0 Å². The first-order valence-corrected chi connectivity index (χ1v) is 11.0. The number of hydrogen-bond acceptors (Lipinski definition) is 4. The summed E-state index contributed by atoms with van der Waals surface area (Å²) in [5.41, 5.74) is 7.02. The van der Waals surface area contributed by atoms with Crippen molar-refractivity contribution in [2.75, 3.05) is 25.0 Å². The number of sulfonamides is 1. The molecular formula is C19H29N3O3S. The zero-order valence-corrected chi connectivity index (χ0v) is 16.2. The van der Waals surface area contributed by atoms with Gasteiger partial charge in [0.05, 0.1) is 4.90 Å². The SMILES string of the molecule is Cc1ccc(NC(=O)[C@@H]2CCC[C@@H]2CN)cc1S(=O)(=O)N1CCCCC1. The Balaban J connectivity index is 1.80. The van der Waals surface area contributed by atoms with Gasteiger partial charge in [0, 0.05) is 24.7 Å². The van der Waals surface area contributed by atoms with E-state index in [0.717, 1.165) is 38.5 Å². The Bertz CT molecular complexity index is 757. The van der Waals surface area contributed by atoms with E-state index in [9.17, 15) is 13.2 Å². The molecular weight excluding hydrogens is 350 g/mol. The number of aryl methyl sites for hydroxylation is 1. The van der Waals surface area contributed by atoms with E-state index in [0.29, 0.717) is 35.8 Å². The Hall–Kier alpha value is -1.44. The van der Waals surface area contributed by atoms with Crippen molar-refractivity contribution in [1.82, 2.24) is 4.31 Å². The summed E-state index contributed by atoms with van der Waals surface area (Å²) in [4.78, 5) is 12.9. The monoisotopic (exact) mass is 379 g/mol. The number of rotatable bonds is 5. The van der Waals surface area contributed by atoms with Crippen molar-refractivity contribution in [3.63, 3.8) is 0 Å². The molecule has 3 rings (SSSR count). The Kier molecular flexibility index (Phi) is 5.99. The van der Waals surface area contributed by atoms with Crippen molar-refractivity contribution in [2.45, 2.75) is 50.3 Å². The van der Waals surface area contributed by atoms with E-state index in [4.69, 9.17) is 5.73 Å². The molecule has 0 aromatic heterocycles. The largest absolute Gasteiger partial charge is 0.330 e. The van der Waals surface area contributed by atoms with Crippen LogP contribution in [0.25, 0.3) is 0 Å². The molecule has 1 heterocycles. The maximum absolute atomic E-state index is 13.0. The van der Waals surface area contributed by atoms with Gasteiger partial charge in [-0.25, -0.2) is 8.42 Å². The van der Waals surface area contributed by atoms with Crippen LogP contribution in [0.4, 0.5) is 5.69 Å². The predicted octanol–water partition coefficient (Wildman–Crippen LogP) is 2.48. The van der Waals surface area contributed by atoms with Crippen LogP contribution in [0.5, 0.6) is 0 Å². The molecule has 0 unspecified atom stereocenters. The van der Waals surface area contributed by atoms with Gasteiger partial charge in [0.15, 0.2) is 0 Å². The van der Waals surface area contributed by atoms with E-state index < -0.39 is 10.0 Å². The van der Waals surface area contributed by atoms with Gasteiger partial charge in [0.2, 0.25) is 15.9 Å². The molecule has 1 aromatic carbocycles. The predicted molar refractivity (Wildman–Crippen MR) is 102 cm³/mol. The van der Waals surface area contributed by atoms with E-state index in [2.05, 4.69) is 5.32 Å². The quantitative estimate of drug-likeness (QED) is 0.822. The molecule has 7 heteroatoms. The first kappa shape index (κ1) is 19.3. The number of nitrogens with two attached hydrogens (primary N) is 1.